The number of aryl methyl sites for hydroxylation is 1. The van der Waals surface area contributed by atoms with Gasteiger partial charge in [-0.05, 0) is 83.7 Å². The molecule has 0 aliphatic carbocycles. The van der Waals surface area contributed by atoms with E-state index in [4.69, 9.17) is 23.7 Å². The number of methoxy groups -OCH3 is 2. The van der Waals surface area contributed by atoms with Gasteiger partial charge >= 0.3 is 5.97 Å². The van der Waals surface area contributed by atoms with E-state index in [1.807, 2.05) is 39.0 Å². The van der Waals surface area contributed by atoms with Crippen molar-refractivity contribution in [2.45, 2.75) is 71.7 Å². The van der Waals surface area contributed by atoms with E-state index in [1.165, 1.54) is 0 Å². The molecule has 0 fully saturated rings. The molecule has 2 aromatic carbocycles. The number of benzene rings is 2. The first-order valence-corrected chi connectivity index (χ1v) is 11.4. The van der Waals surface area contributed by atoms with Crippen LogP contribution in [0, 0.1) is 0 Å². The molecule has 0 heterocycles. The average Bonchev–Trinajstić information content (AvgIpc) is 2.74. The molecule has 0 bridgehead atoms. The van der Waals surface area contributed by atoms with Crippen LogP contribution in [0.4, 0.5) is 0 Å². The van der Waals surface area contributed by atoms with Crippen LogP contribution in [0.25, 0.3) is 0 Å². The number of esters is 1. The summed E-state index contributed by atoms with van der Waals surface area (Å²) in [5, 5.41) is 10.8. The standard InChI is InChI=1S/C27H38O7/c1-26(2,3)33-23(29)17-32-20-11-9-10-19(16-20)21(28)14-12-18-13-15-22(30-7)25(31-8)24(18)34-27(4,5)6/h9-11,13,15-16,21,28H,12,14,17H2,1-8H3/t21-/m1/s1. The number of aliphatic hydroxyl groups excluding tert-OH is 1. The van der Waals surface area contributed by atoms with Crippen molar-refractivity contribution < 1.29 is 33.6 Å². The fraction of sp³-hybridized carbons (Fsp3) is 0.519. The minimum Gasteiger partial charge on any atom is -0.493 e. The van der Waals surface area contributed by atoms with E-state index in [-0.39, 0.29) is 6.61 Å². The maximum absolute atomic E-state index is 11.9. The average molecular weight is 475 g/mol. The molecule has 0 radical (unpaired) electrons. The van der Waals surface area contributed by atoms with Crippen molar-refractivity contribution in [3.63, 3.8) is 0 Å². The smallest absolute Gasteiger partial charge is 0.344 e. The Bertz CT molecular complexity index is 954. The van der Waals surface area contributed by atoms with E-state index in [2.05, 4.69) is 0 Å². The van der Waals surface area contributed by atoms with Crippen LogP contribution >= 0.6 is 0 Å². The number of carbonyl (C=O) groups excluding carboxylic acids is 1. The third-order valence-electron chi connectivity index (χ3n) is 4.70. The van der Waals surface area contributed by atoms with E-state index >= 15 is 0 Å². The van der Waals surface area contributed by atoms with Gasteiger partial charge in [0.15, 0.2) is 18.1 Å². The summed E-state index contributed by atoms with van der Waals surface area (Å²) in [6.07, 6.45) is 0.266. The molecular formula is C27H38O7. The lowest BCUT2D eigenvalue weighted by atomic mass is 10.00. The quantitative estimate of drug-likeness (QED) is 0.470. The summed E-state index contributed by atoms with van der Waals surface area (Å²) in [6.45, 7) is 11.1. The van der Waals surface area contributed by atoms with Gasteiger partial charge in [0.2, 0.25) is 5.75 Å². The number of carbonyl (C=O) groups is 1. The molecule has 1 N–H and O–H groups in total. The Kier molecular flexibility index (Phi) is 9.21. The van der Waals surface area contributed by atoms with Gasteiger partial charge in [-0.25, -0.2) is 4.79 Å². The Labute approximate surface area is 202 Å². The Morgan fingerprint density at radius 2 is 1.65 bits per heavy atom. The van der Waals surface area contributed by atoms with Gasteiger partial charge in [-0.15, -0.1) is 0 Å². The van der Waals surface area contributed by atoms with Crippen LogP contribution in [0.3, 0.4) is 0 Å². The van der Waals surface area contributed by atoms with Crippen LogP contribution in [0.5, 0.6) is 23.0 Å². The topological polar surface area (TPSA) is 83.5 Å². The molecule has 0 aliphatic rings. The summed E-state index contributed by atoms with van der Waals surface area (Å²) >= 11 is 0. The van der Waals surface area contributed by atoms with Crippen molar-refractivity contribution in [2.24, 2.45) is 0 Å². The Morgan fingerprint density at radius 1 is 0.941 bits per heavy atom. The molecule has 0 aliphatic heterocycles. The molecule has 34 heavy (non-hydrogen) atoms. The van der Waals surface area contributed by atoms with Gasteiger partial charge in [0.05, 0.1) is 20.3 Å². The van der Waals surface area contributed by atoms with Gasteiger partial charge in [0, 0.05) is 0 Å². The first-order valence-electron chi connectivity index (χ1n) is 11.4. The second-order valence-electron chi connectivity index (χ2n) is 10.0. The summed E-state index contributed by atoms with van der Waals surface area (Å²) in [5.74, 6) is 1.77. The maximum atomic E-state index is 11.9. The van der Waals surface area contributed by atoms with Crippen LogP contribution < -0.4 is 18.9 Å². The molecule has 0 aromatic heterocycles. The molecule has 2 aromatic rings. The highest BCUT2D eigenvalue weighted by Crippen LogP contribution is 2.42. The highest BCUT2D eigenvalue weighted by molar-refractivity contribution is 5.71. The van der Waals surface area contributed by atoms with Crippen molar-refractivity contribution in [3.05, 3.63) is 47.5 Å². The fourth-order valence-corrected chi connectivity index (χ4v) is 3.34. The second-order valence-corrected chi connectivity index (χ2v) is 10.0. The zero-order chi connectivity index (χ0) is 25.5. The highest BCUT2D eigenvalue weighted by atomic mass is 16.6. The van der Waals surface area contributed by atoms with Crippen LogP contribution in [0.15, 0.2) is 36.4 Å². The molecule has 7 nitrogen and oxygen atoms in total. The lowest BCUT2D eigenvalue weighted by molar-refractivity contribution is -0.157. The molecular weight excluding hydrogens is 436 g/mol. The van der Waals surface area contributed by atoms with Crippen molar-refractivity contribution in [3.8, 4) is 23.0 Å². The minimum atomic E-state index is -0.736. The Morgan fingerprint density at radius 3 is 2.24 bits per heavy atom. The zero-order valence-corrected chi connectivity index (χ0v) is 21.6. The van der Waals surface area contributed by atoms with Crippen molar-refractivity contribution in [2.75, 3.05) is 20.8 Å². The Hall–Kier alpha value is -2.93. The first-order chi connectivity index (χ1) is 15.8. The van der Waals surface area contributed by atoms with Crippen molar-refractivity contribution in [1.82, 2.24) is 0 Å². The van der Waals surface area contributed by atoms with Gasteiger partial charge in [-0.3, -0.25) is 0 Å². The SMILES string of the molecule is COc1ccc(CC[C@@H](O)c2cccc(OCC(=O)OC(C)(C)C)c2)c(OC(C)(C)C)c1OC. The number of rotatable bonds is 10. The molecule has 188 valence electrons. The van der Waals surface area contributed by atoms with Crippen LogP contribution in [0.2, 0.25) is 0 Å². The van der Waals surface area contributed by atoms with Crippen molar-refractivity contribution in [1.29, 1.82) is 0 Å². The molecule has 0 saturated carbocycles. The number of hydrogen-bond donors (Lipinski definition) is 1. The van der Waals surface area contributed by atoms with E-state index in [9.17, 15) is 9.90 Å². The molecule has 0 spiro atoms. The second kappa shape index (κ2) is 11.5. The molecule has 0 unspecified atom stereocenters. The minimum absolute atomic E-state index is 0.198. The predicted octanol–water partition coefficient (Wildman–Crippen LogP) is 5.27. The summed E-state index contributed by atoms with van der Waals surface area (Å²) in [5.41, 5.74) is 0.592. The molecule has 0 saturated heterocycles. The third-order valence-corrected chi connectivity index (χ3v) is 4.70. The summed E-state index contributed by atoms with van der Waals surface area (Å²) in [7, 11) is 3.16. The van der Waals surface area contributed by atoms with E-state index in [1.54, 1.807) is 53.2 Å². The van der Waals surface area contributed by atoms with Crippen molar-refractivity contribution >= 4 is 5.97 Å². The van der Waals surface area contributed by atoms with E-state index in [0.717, 1.165) is 5.56 Å². The fourth-order valence-electron chi connectivity index (χ4n) is 3.34. The predicted molar refractivity (Wildman–Crippen MR) is 131 cm³/mol. The van der Waals surface area contributed by atoms with E-state index in [0.29, 0.717) is 41.4 Å². The van der Waals surface area contributed by atoms with Crippen LogP contribution in [-0.2, 0) is 16.0 Å². The monoisotopic (exact) mass is 474 g/mol. The van der Waals surface area contributed by atoms with Gasteiger partial charge in [-0.2, -0.15) is 0 Å². The van der Waals surface area contributed by atoms with E-state index < -0.39 is 23.3 Å². The summed E-state index contributed by atoms with van der Waals surface area (Å²) < 4.78 is 28.0. The molecule has 2 rings (SSSR count). The normalized spacial score (nSPS) is 12.6. The van der Waals surface area contributed by atoms with Gasteiger partial charge in [0.25, 0.3) is 0 Å². The molecule has 0 amide bonds. The first kappa shape index (κ1) is 27.3. The van der Waals surface area contributed by atoms with Gasteiger partial charge < -0.3 is 28.8 Å². The van der Waals surface area contributed by atoms with Gasteiger partial charge in [0.1, 0.15) is 17.0 Å². The largest absolute Gasteiger partial charge is 0.493 e. The number of hydrogen-bond acceptors (Lipinski definition) is 7. The zero-order valence-electron chi connectivity index (χ0n) is 21.6. The molecule has 7 heteroatoms. The van der Waals surface area contributed by atoms with Crippen LogP contribution in [-0.4, -0.2) is 43.1 Å². The third kappa shape index (κ3) is 8.45. The molecule has 1 atom stereocenters. The number of ether oxygens (including phenoxy) is 5. The summed E-state index contributed by atoms with van der Waals surface area (Å²) in [6, 6.07) is 10.8. The lowest BCUT2D eigenvalue weighted by Gasteiger charge is -2.26. The van der Waals surface area contributed by atoms with Crippen LogP contribution in [0.1, 0.15) is 65.2 Å². The Balaban J connectivity index is 2.12. The highest BCUT2D eigenvalue weighted by Gasteiger charge is 2.23. The maximum Gasteiger partial charge on any atom is 0.344 e. The summed E-state index contributed by atoms with van der Waals surface area (Å²) in [4.78, 5) is 11.9. The number of aliphatic hydroxyl groups is 1. The lowest BCUT2D eigenvalue weighted by Crippen LogP contribution is -2.27. The van der Waals surface area contributed by atoms with Gasteiger partial charge in [-0.1, -0.05) is 18.2 Å².